The van der Waals surface area contributed by atoms with Crippen molar-refractivity contribution in [1.82, 2.24) is 9.88 Å². The van der Waals surface area contributed by atoms with E-state index in [0.717, 1.165) is 41.5 Å². The van der Waals surface area contributed by atoms with Crippen molar-refractivity contribution in [3.63, 3.8) is 0 Å². The molecule has 5 heteroatoms. The third-order valence-electron chi connectivity index (χ3n) is 6.05. The zero-order valence-electron chi connectivity index (χ0n) is 15.0. The fourth-order valence-corrected chi connectivity index (χ4v) is 4.38. The molecule has 5 nitrogen and oxygen atoms in total. The van der Waals surface area contributed by atoms with Crippen LogP contribution in [0.15, 0.2) is 47.8 Å². The van der Waals surface area contributed by atoms with E-state index >= 15 is 0 Å². The van der Waals surface area contributed by atoms with Crippen molar-refractivity contribution in [3.05, 3.63) is 53.4 Å². The number of hydrogen-bond acceptors (Lipinski definition) is 5. The lowest BCUT2D eigenvalue weighted by molar-refractivity contribution is 0.161. The second-order valence-electron chi connectivity index (χ2n) is 7.43. The molecule has 1 saturated carbocycles. The Morgan fingerprint density at radius 1 is 1.15 bits per heavy atom. The number of para-hydroxylation sites is 1. The van der Waals surface area contributed by atoms with Crippen LogP contribution in [-0.2, 0) is 0 Å². The van der Waals surface area contributed by atoms with Crippen LogP contribution in [0.3, 0.4) is 0 Å². The minimum absolute atomic E-state index is 0.0473. The molecule has 1 aromatic heterocycles. The lowest BCUT2D eigenvalue weighted by atomic mass is 9.89. The molecule has 134 valence electrons. The summed E-state index contributed by atoms with van der Waals surface area (Å²) in [5.74, 6) is 0.638. The molecule has 0 saturated heterocycles. The first kappa shape index (κ1) is 15.9. The fourth-order valence-electron chi connectivity index (χ4n) is 4.38. The number of fused-ring (bicyclic) bond motifs is 1. The van der Waals surface area contributed by atoms with Crippen molar-refractivity contribution in [2.45, 2.75) is 31.3 Å². The molecule has 2 aromatic rings. The number of hydrogen-bond donors (Lipinski definition) is 2. The molecule has 0 radical (unpaired) electrons. The molecule has 1 unspecified atom stereocenters. The van der Waals surface area contributed by atoms with Gasteiger partial charge in [0.2, 0.25) is 5.88 Å². The molecule has 1 aliphatic carbocycles. The van der Waals surface area contributed by atoms with E-state index in [2.05, 4.69) is 33.4 Å². The predicted octanol–water partition coefficient (Wildman–Crippen LogP) is 3.30. The highest BCUT2D eigenvalue weighted by molar-refractivity contribution is 5.85. The average Bonchev–Trinajstić information content (AvgIpc) is 3.03. The molecule has 0 bridgehead atoms. The summed E-state index contributed by atoms with van der Waals surface area (Å²) in [7, 11) is 1.66. The Morgan fingerprint density at radius 2 is 2.00 bits per heavy atom. The minimum atomic E-state index is -0.0473. The van der Waals surface area contributed by atoms with E-state index in [1.807, 2.05) is 12.1 Å². The van der Waals surface area contributed by atoms with Crippen LogP contribution in [0.4, 0.5) is 5.69 Å². The number of nitrogens with two attached hydrogens (primary N) is 1. The van der Waals surface area contributed by atoms with E-state index in [9.17, 15) is 0 Å². The number of nitrogens with one attached hydrogen (secondary N) is 1. The molecular formula is C21H24N4O. The summed E-state index contributed by atoms with van der Waals surface area (Å²) < 4.78 is 5.48. The van der Waals surface area contributed by atoms with Crippen LogP contribution >= 0.6 is 0 Å². The van der Waals surface area contributed by atoms with Gasteiger partial charge >= 0.3 is 0 Å². The molecule has 3 N–H and O–H groups in total. The van der Waals surface area contributed by atoms with Crippen molar-refractivity contribution in [1.29, 1.82) is 0 Å². The van der Waals surface area contributed by atoms with Crippen LogP contribution in [-0.4, -0.2) is 36.1 Å². The topological polar surface area (TPSA) is 63.4 Å². The van der Waals surface area contributed by atoms with Gasteiger partial charge in [0.05, 0.1) is 18.8 Å². The van der Waals surface area contributed by atoms with Gasteiger partial charge in [0.15, 0.2) is 0 Å². The van der Waals surface area contributed by atoms with Gasteiger partial charge in [-0.1, -0.05) is 24.6 Å². The highest BCUT2D eigenvalue weighted by Crippen LogP contribution is 2.45. The number of ether oxygens (including phenoxy) is 1. The van der Waals surface area contributed by atoms with Crippen molar-refractivity contribution in [2.24, 2.45) is 5.73 Å². The van der Waals surface area contributed by atoms with Gasteiger partial charge in [-0.15, -0.1) is 0 Å². The molecule has 26 heavy (non-hydrogen) atoms. The maximum absolute atomic E-state index is 6.70. The Bertz CT molecular complexity index is 887. The Hall–Kier alpha value is -2.37. The lowest BCUT2D eigenvalue weighted by Crippen LogP contribution is -2.39. The normalized spacial score (nSPS) is 22.5. The molecule has 2 aliphatic heterocycles. The number of nitrogens with zero attached hydrogens (tertiary/aromatic N) is 2. The Kier molecular flexibility index (Phi) is 3.72. The van der Waals surface area contributed by atoms with Gasteiger partial charge < -0.3 is 15.8 Å². The van der Waals surface area contributed by atoms with E-state index in [0.29, 0.717) is 5.88 Å². The average molecular weight is 348 g/mol. The first-order valence-corrected chi connectivity index (χ1v) is 9.37. The van der Waals surface area contributed by atoms with Crippen LogP contribution in [0.1, 0.15) is 30.9 Å². The molecule has 1 fully saturated rings. The largest absolute Gasteiger partial charge is 0.481 e. The van der Waals surface area contributed by atoms with Crippen LogP contribution in [0.25, 0.3) is 11.1 Å². The highest BCUT2D eigenvalue weighted by atomic mass is 16.5. The maximum Gasteiger partial charge on any atom is 0.221 e. The number of methoxy groups -OCH3 is 1. The minimum Gasteiger partial charge on any atom is -0.481 e. The zero-order valence-corrected chi connectivity index (χ0v) is 15.0. The Morgan fingerprint density at radius 3 is 2.77 bits per heavy atom. The van der Waals surface area contributed by atoms with Gasteiger partial charge in [-0.2, -0.15) is 0 Å². The number of benzene rings is 1. The fraction of sp³-hybridized carbons (Fsp3) is 0.381. The predicted molar refractivity (Wildman–Crippen MR) is 103 cm³/mol. The van der Waals surface area contributed by atoms with Crippen LogP contribution < -0.4 is 15.8 Å². The molecule has 0 spiro atoms. The molecule has 3 aliphatic rings. The highest BCUT2D eigenvalue weighted by Gasteiger charge is 2.37. The summed E-state index contributed by atoms with van der Waals surface area (Å²) in [6.45, 7) is 1.97. The zero-order chi connectivity index (χ0) is 17.7. The van der Waals surface area contributed by atoms with Crippen LogP contribution in [0.2, 0.25) is 0 Å². The summed E-state index contributed by atoms with van der Waals surface area (Å²) in [4.78, 5) is 6.94. The van der Waals surface area contributed by atoms with E-state index in [4.69, 9.17) is 10.5 Å². The third-order valence-corrected chi connectivity index (χ3v) is 6.05. The summed E-state index contributed by atoms with van der Waals surface area (Å²) in [5, 5.41) is 3.72. The molecule has 3 heterocycles. The number of rotatable bonds is 3. The molecular weight excluding hydrogens is 324 g/mol. The number of pyridine rings is 1. The lowest BCUT2D eigenvalue weighted by Gasteiger charge is -2.34. The monoisotopic (exact) mass is 348 g/mol. The van der Waals surface area contributed by atoms with Crippen molar-refractivity contribution in [3.8, 4) is 17.0 Å². The number of aromatic nitrogens is 1. The second kappa shape index (κ2) is 6.11. The van der Waals surface area contributed by atoms with Gasteiger partial charge in [-0.05, 0) is 36.1 Å². The van der Waals surface area contributed by atoms with Crippen LogP contribution in [0.5, 0.6) is 5.88 Å². The summed E-state index contributed by atoms with van der Waals surface area (Å²) >= 11 is 0. The third kappa shape index (κ3) is 2.35. The van der Waals surface area contributed by atoms with Crippen LogP contribution in [0, 0.1) is 0 Å². The maximum atomic E-state index is 6.70. The van der Waals surface area contributed by atoms with E-state index in [1.54, 1.807) is 13.3 Å². The first-order chi connectivity index (χ1) is 12.8. The summed E-state index contributed by atoms with van der Waals surface area (Å²) in [5.41, 5.74) is 13.7. The number of anilines is 1. The smallest absolute Gasteiger partial charge is 0.221 e. The first-order valence-electron chi connectivity index (χ1n) is 9.37. The molecule has 1 atom stereocenters. The van der Waals surface area contributed by atoms with Crippen molar-refractivity contribution in [2.75, 3.05) is 25.5 Å². The quantitative estimate of drug-likeness (QED) is 0.891. The van der Waals surface area contributed by atoms with E-state index in [1.165, 1.54) is 30.5 Å². The van der Waals surface area contributed by atoms with E-state index < -0.39 is 0 Å². The molecule has 5 rings (SSSR count). The second-order valence-corrected chi connectivity index (χ2v) is 7.43. The van der Waals surface area contributed by atoms with Gasteiger partial charge in [-0.25, -0.2) is 4.98 Å². The Labute approximate surface area is 153 Å². The van der Waals surface area contributed by atoms with Crippen molar-refractivity contribution >= 4 is 5.69 Å². The Balaban J connectivity index is 1.54. The van der Waals surface area contributed by atoms with Gasteiger partial charge in [0, 0.05) is 42.2 Å². The summed E-state index contributed by atoms with van der Waals surface area (Å²) in [6, 6.07) is 11.0. The molecule has 1 aromatic carbocycles. The van der Waals surface area contributed by atoms with Gasteiger partial charge in [0.1, 0.15) is 0 Å². The van der Waals surface area contributed by atoms with Gasteiger partial charge in [0.25, 0.3) is 0 Å². The molecule has 0 amide bonds. The SMILES string of the molecule is COc1ncccc1-c1cccc2c1NC1=C(CN(C3CCC3)C1)C2N. The standard InChI is InChI=1S/C21H24N4O/c1-26-21-15(9-4-10-23-21)14-7-3-8-16-19(22)17-11-25(13-5-2-6-13)12-18(17)24-20(14)16/h3-4,7-10,13,19,24H,2,5-6,11-12,22H2,1H3. The van der Waals surface area contributed by atoms with Gasteiger partial charge in [-0.3, -0.25) is 4.90 Å². The van der Waals surface area contributed by atoms with Crippen molar-refractivity contribution < 1.29 is 4.74 Å². The summed E-state index contributed by atoms with van der Waals surface area (Å²) in [6.07, 6.45) is 5.75. The van der Waals surface area contributed by atoms with E-state index in [-0.39, 0.29) is 6.04 Å².